The van der Waals surface area contributed by atoms with Crippen molar-refractivity contribution in [2.75, 3.05) is 13.1 Å². The van der Waals surface area contributed by atoms with Crippen LogP contribution < -0.4 is 5.32 Å². The Bertz CT molecular complexity index is 540. The molecule has 2 atom stereocenters. The molecule has 0 aromatic heterocycles. The minimum atomic E-state index is -0.720. The van der Waals surface area contributed by atoms with E-state index < -0.39 is 5.60 Å². The van der Waals surface area contributed by atoms with Crippen LogP contribution >= 0.6 is 0 Å². The second-order valence-electron chi connectivity index (χ2n) is 5.63. The van der Waals surface area contributed by atoms with Crippen LogP contribution in [-0.4, -0.2) is 18.2 Å². The maximum atomic E-state index is 11.2. The number of hydrogen-bond donors (Lipinski definition) is 2. The number of nitrogens with one attached hydrogen (secondary N) is 1. The van der Waals surface area contributed by atoms with Crippen molar-refractivity contribution in [2.45, 2.75) is 18.4 Å². The van der Waals surface area contributed by atoms with Gasteiger partial charge < -0.3 is 10.4 Å². The van der Waals surface area contributed by atoms with Gasteiger partial charge in [0.15, 0.2) is 0 Å². The molecule has 2 nitrogen and oxygen atoms in total. The molecule has 0 saturated carbocycles. The molecule has 2 N–H and O–H groups in total. The van der Waals surface area contributed by atoms with Gasteiger partial charge in [0.1, 0.15) is 0 Å². The van der Waals surface area contributed by atoms with Gasteiger partial charge in [-0.2, -0.15) is 0 Å². The molecular formula is C18H21NO. The highest BCUT2D eigenvalue weighted by Crippen LogP contribution is 2.36. The molecule has 0 radical (unpaired) electrons. The van der Waals surface area contributed by atoms with E-state index in [4.69, 9.17) is 0 Å². The van der Waals surface area contributed by atoms with Crippen molar-refractivity contribution in [1.29, 1.82) is 0 Å². The lowest BCUT2D eigenvalue weighted by Crippen LogP contribution is -2.49. The Morgan fingerprint density at radius 1 is 1.00 bits per heavy atom. The molecule has 1 saturated heterocycles. The van der Waals surface area contributed by atoms with Gasteiger partial charge in [0, 0.05) is 12.5 Å². The highest BCUT2D eigenvalue weighted by atomic mass is 16.3. The van der Waals surface area contributed by atoms with Crippen LogP contribution in [0.4, 0.5) is 0 Å². The van der Waals surface area contributed by atoms with Gasteiger partial charge in [-0.3, -0.25) is 0 Å². The largest absolute Gasteiger partial charge is 0.385 e. The van der Waals surface area contributed by atoms with Crippen molar-refractivity contribution >= 4 is 0 Å². The molecule has 0 spiro atoms. The average Bonchev–Trinajstić information content (AvgIpc) is 2.52. The van der Waals surface area contributed by atoms with Crippen molar-refractivity contribution in [3.63, 3.8) is 0 Å². The summed E-state index contributed by atoms with van der Waals surface area (Å²) in [5, 5.41) is 14.6. The van der Waals surface area contributed by atoms with Gasteiger partial charge in [0.25, 0.3) is 0 Å². The van der Waals surface area contributed by atoms with E-state index in [1.807, 2.05) is 36.4 Å². The first-order valence-electron chi connectivity index (χ1n) is 7.31. The summed E-state index contributed by atoms with van der Waals surface area (Å²) in [6.07, 6.45) is 1.67. The minimum Gasteiger partial charge on any atom is -0.385 e. The molecule has 1 aliphatic rings. The molecule has 20 heavy (non-hydrogen) atoms. The van der Waals surface area contributed by atoms with E-state index in [-0.39, 0.29) is 5.92 Å². The molecule has 0 bridgehead atoms. The zero-order valence-corrected chi connectivity index (χ0v) is 11.6. The summed E-state index contributed by atoms with van der Waals surface area (Å²) in [5.74, 6) is 0.209. The number of hydrogen-bond acceptors (Lipinski definition) is 2. The number of benzene rings is 2. The quantitative estimate of drug-likeness (QED) is 0.896. The first-order valence-corrected chi connectivity index (χ1v) is 7.31. The first kappa shape index (κ1) is 13.3. The van der Waals surface area contributed by atoms with Gasteiger partial charge in [-0.15, -0.1) is 0 Å². The minimum absolute atomic E-state index is 0.209. The van der Waals surface area contributed by atoms with Crippen LogP contribution in [-0.2, 0) is 12.0 Å². The van der Waals surface area contributed by atoms with E-state index in [0.717, 1.165) is 31.5 Å². The molecule has 0 amide bonds. The third-order valence-corrected chi connectivity index (χ3v) is 4.35. The highest BCUT2D eigenvalue weighted by Gasteiger charge is 2.40. The molecule has 0 aliphatic carbocycles. The van der Waals surface area contributed by atoms with Crippen LogP contribution in [0.5, 0.6) is 0 Å². The number of aliphatic hydroxyl groups is 1. The zero-order chi connectivity index (χ0) is 13.8. The second-order valence-corrected chi connectivity index (χ2v) is 5.63. The van der Waals surface area contributed by atoms with Crippen LogP contribution in [0.3, 0.4) is 0 Å². The summed E-state index contributed by atoms with van der Waals surface area (Å²) in [4.78, 5) is 0. The summed E-state index contributed by atoms with van der Waals surface area (Å²) in [6, 6.07) is 20.5. The molecule has 2 aromatic rings. The van der Waals surface area contributed by atoms with E-state index in [1.54, 1.807) is 0 Å². The van der Waals surface area contributed by atoms with Crippen molar-refractivity contribution < 1.29 is 5.11 Å². The number of piperidine rings is 1. The standard InChI is InChI=1S/C18H21NO/c20-18(16-9-5-2-6-10-16)11-12-19-14-17(18)13-15-7-3-1-4-8-15/h1-10,17,19-20H,11-14H2. The predicted octanol–water partition coefficient (Wildman–Crippen LogP) is 2.73. The summed E-state index contributed by atoms with van der Waals surface area (Å²) in [6.45, 7) is 1.73. The van der Waals surface area contributed by atoms with Gasteiger partial charge in [-0.1, -0.05) is 60.7 Å². The Morgan fingerprint density at radius 3 is 2.35 bits per heavy atom. The van der Waals surface area contributed by atoms with Crippen LogP contribution in [0.2, 0.25) is 0 Å². The molecule has 2 heteroatoms. The maximum absolute atomic E-state index is 11.2. The van der Waals surface area contributed by atoms with Crippen molar-refractivity contribution in [3.05, 3.63) is 71.8 Å². The topological polar surface area (TPSA) is 32.3 Å². The van der Waals surface area contributed by atoms with Gasteiger partial charge in [-0.05, 0) is 30.5 Å². The van der Waals surface area contributed by atoms with E-state index in [2.05, 4.69) is 29.6 Å². The number of rotatable bonds is 3. The summed E-state index contributed by atoms with van der Waals surface area (Å²) in [7, 11) is 0. The Morgan fingerprint density at radius 2 is 1.65 bits per heavy atom. The fraction of sp³-hybridized carbons (Fsp3) is 0.333. The zero-order valence-electron chi connectivity index (χ0n) is 11.6. The van der Waals surface area contributed by atoms with Gasteiger partial charge >= 0.3 is 0 Å². The van der Waals surface area contributed by atoms with Crippen LogP contribution in [0.25, 0.3) is 0 Å². The molecule has 2 aromatic carbocycles. The lowest BCUT2D eigenvalue weighted by molar-refractivity contribution is -0.0463. The van der Waals surface area contributed by atoms with Crippen molar-refractivity contribution in [1.82, 2.24) is 5.32 Å². The third-order valence-electron chi connectivity index (χ3n) is 4.35. The van der Waals surface area contributed by atoms with Crippen molar-refractivity contribution in [3.8, 4) is 0 Å². The second kappa shape index (κ2) is 5.78. The highest BCUT2D eigenvalue weighted by molar-refractivity contribution is 5.26. The average molecular weight is 267 g/mol. The lowest BCUT2D eigenvalue weighted by atomic mass is 9.74. The smallest absolute Gasteiger partial charge is 0.0951 e. The third kappa shape index (κ3) is 2.62. The lowest BCUT2D eigenvalue weighted by Gasteiger charge is -2.41. The molecule has 104 valence electrons. The van der Waals surface area contributed by atoms with Gasteiger partial charge in [0.05, 0.1) is 5.60 Å². The Labute approximate surface area is 120 Å². The molecule has 3 rings (SSSR count). The van der Waals surface area contributed by atoms with E-state index in [0.29, 0.717) is 0 Å². The SMILES string of the molecule is OC1(c2ccccc2)CCNCC1Cc1ccccc1. The van der Waals surface area contributed by atoms with E-state index in [1.165, 1.54) is 5.56 Å². The Kier molecular flexibility index (Phi) is 3.86. The molecule has 1 heterocycles. The van der Waals surface area contributed by atoms with Gasteiger partial charge in [-0.25, -0.2) is 0 Å². The summed E-state index contributed by atoms with van der Waals surface area (Å²) >= 11 is 0. The molecule has 1 fully saturated rings. The monoisotopic (exact) mass is 267 g/mol. The van der Waals surface area contributed by atoms with E-state index in [9.17, 15) is 5.11 Å². The van der Waals surface area contributed by atoms with Crippen LogP contribution in [0, 0.1) is 5.92 Å². The van der Waals surface area contributed by atoms with Crippen molar-refractivity contribution in [2.24, 2.45) is 5.92 Å². The fourth-order valence-electron chi connectivity index (χ4n) is 3.17. The predicted molar refractivity (Wildman–Crippen MR) is 81.5 cm³/mol. The molecular weight excluding hydrogens is 246 g/mol. The van der Waals surface area contributed by atoms with Crippen LogP contribution in [0.1, 0.15) is 17.5 Å². The fourth-order valence-corrected chi connectivity index (χ4v) is 3.17. The summed E-state index contributed by atoms with van der Waals surface area (Å²) in [5.41, 5.74) is 1.61. The maximum Gasteiger partial charge on any atom is 0.0951 e. The van der Waals surface area contributed by atoms with Crippen LogP contribution in [0.15, 0.2) is 60.7 Å². The Hall–Kier alpha value is -1.64. The molecule has 1 aliphatic heterocycles. The normalized spacial score (nSPS) is 26.4. The summed E-state index contributed by atoms with van der Waals surface area (Å²) < 4.78 is 0. The van der Waals surface area contributed by atoms with Gasteiger partial charge in [0.2, 0.25) is 0 Å². The first-order chi connectivity index (χ1) is 9.79. The van der Waals surface area contributed by atoms with E-state index >= 15 is 0 Å². The Balaban J connectivity index is 1.87. The molecule has 2 unspecified atom stereocenters.